The monoisotopic (exact) mass is 331 g/mol. The molecule has 0 aliphatic carbocycles. The number of rotatable bonds is 4. The van der Waals surface area contributed by atoms with E-state index in [0.29, 0.717) is 61.6 Å². The van der Waals surface area contributed by atoms with Crippen LogP contribution in [-0.2, 0) is 0 Å². The predicted octanol–water partition coefficient (Wildman–Crippen LogP) is 1.44. The minimum absolute atomic E-state index is 0.0325. The van der Waals surface area contributed by atoms with Crippen LogP contribution in [0.15, 0.2) is 16.8 Å². The van der Waals surface area contributed by atoms with E-state index in [1.165, 1.54) is 0 Å². The van der Waals surface area contributed by atoms with E-state index in [-0.39, 0.29) is 5.91 Å². The van der Waals surface area contributed by atoms with E-state index in [9.17, 15) is 4.79 Å². The van der Waals surface area contributed by atoms with Crippen molar-refractivity contribution in [3.8, 4) is 5.88 Å². The van der Waals surface area contributed by atoms with Gasteiger partial charge in [-0.2, -0.15) is 4.98 Å². The average molecular weight is 331 g/mol. The fourth-order valence-corrected chi connectivity index (χ4v) is 2.77. The second kappa shape index (κ2) is 6.86. The van der Waals surface area contributed by atoms with Crippen molar-refractivity contribution in [3.05, 3.63) is 29.3 Å². The number of anilines is 1. The highest BCUT2D eigenvalue weighted by Crippen LogP contribution is 2.18. The zero-order valence-corrected chi connectivity index (χ0v) is 14.2. The third kappa shape index (κ3) is 3.17. The largest absolute Gasteiger partial charge is 0.478 e. The molecule has 2 aromatic heterocycles. The SMILES string of the molecule is CCOc1ccnc(N2CCN(C(=O)c3c(C)noc3C)CC2)n1. The Bertz CT molecular complexity index is 703. The number of carbonyl (C=O) groups excluding carboxylic acids is 1. The van der Waals surface area contributed by atoms with Crippen LogP contribution in [0.1, 0.15) is 28.7 Å². The van der Waals surface area contributed by atoms with Crippen LogP contribution in [0.5, 0.6) is 5.88 Å². The molecule has 8 nitrogen and oxygen atoms in total. The van der Waals surface area contributed by atoms with Crippen LogP contribution < -0.4 is 9.64 Å². The van der Waals surface area contributed by atoms with Crippen molar-refractivity contribution >= 4 is 11.9 Å². The lowest BCUT2D eigenvalue weighted by atomic mass is 10.1. The maximum Gasteiger partial charge on any atom is 0.259 e. The highest BCUT2D eigenvalue weighted by Gasteiger charge is 2.27. The smallest absolute Gasteiger partial charge is 0.259 e. The molecule has 0 unspecified atom stereocenters. The Kier molecular flexibility index (Phi) is 4.64. The molecule has 0 N–H and O–H groups in total. The molecule has 0 spiro atoms. The third-order valence-corrected chi connectivity index (χ3v) is 4.01. The summed E-state index contributed by atoms with van der Waals surface area (Å²) >= 11 is 0. The topological polar surface area (TPSA) is 84.6 Å². The van der Waals surface area contributed by atoms with Gasteiger partial charge < -0.3 is 19.1 Å². The first-order valence-electron chi connectivity index (χ1n) is 8.03. The third-order valence-electron chi connectivity index (χ3n) is 4.01. The number of aromatic nitrogens is 3. The number of hydrogen-bond acceptors (Lipinski definition) is 7. The molecule has 0 aromatic carbocycles. The van der Waals surface area contributed by atoms with Crippen molar-refractivity contribution < 1.29 is 14.1 Å². The van der Waals surface area contributed by atoms with E-state index >= 15 is 0 Å². The summed E-state index contributed by atoms with van der Waals surface area (Å²) in [6.45, 7) is 8.58. The molecule has 1 saturated heterocycles. The first kappa shape index (κ1) is 16.2. The Morgan fingerprint density at radius 3 is 2.67 bits per heavy atom. The van der Waals surface area contributed by atoms with Crippen LogP contribution >= 0.6 is 0 Å². The van der Waals surface area contributed by atoms with Gasteiger partial charge >= 0.3 is 0 Å². The van der Waals surface area contributed by atoms with Crippen LogP contribution in [-0.4, -0.2) is 58.7 Å². The lowest BCUT2D eigenvalue weighted by molar-refractivity contribution is 0.0743. The zero-order chi connectivity index (χ0) is 17.1. The highest BCUT2D eigenvalue weighted by molar-refractivity contribution is 5.96. The number of piperazine rings is 1. The fourth-order valence-electron chi connectivity index (χ4n) is 2.77. The van der Waals surface area contributed by atoms with Crippen molar-refractivity contribution in [3.63, 3.8) is 0 Å². The minimum atomic E-state index is -0.0325. The molecular weight excluding hydrogens is 310 g/mol. The summed E-state index contributed by atoms with van der Waals surface area (Å²) in [4.78, 5) is 25.2. The number of amides is 1. The average Bonchev–Trinajstić information content (AvgIpc) is 2.94. The molecule has 24 heavy (non-hydrogen) atoms. The summed E-state index contributed by atoms with van der Waals surface area (Å²) in [6, 6.07) is 1.74. The van der Waals surface area contributed by atoms with Gasteiger partial charge in [0.2, 0.25) is 11.8 Å². The Morgan fingerprint density at radius 1 is 1.29 bits per heavy atom. The molecule has 1 fully saturated rings. The van der Waals surface area contributed by atoms with E-state index in [4.69, 9.17) is 9.26 Å². The summed E-state index contributed by atoms with van der Waals surface area (Å²) in [5.41, 5.74) is 1.20. The summed E-state index contributed by atoms with van der Waals surface area (Å²) < 4.78 is 10.5. The number of hydrogen-bond donors (Lipinski definition) is 0. The zero-order valence-electron chi connectivity index (χ0n) is 14.2. The van der Waals surface area contributed by atoms with E-state index < -0.39 is 0 Å². The molecule has 3 rings (SSSR count). The Balaban J connectivity index is 1.65. The maximum absolute atomic E-state index is 12.6. The van der Waals surface area contributed by atoms with Crippen LogP contribution in [0.4, 0.5) is 5.95 Å². The molecule has 1 amide bonds. The lowest BCUT2D eigenvalue weighted by Crippen LogP contribution is -2.49. The highest BCUT2D eigenvalue weighted by atomic mass is 16.5. The van der Waals surface area contributed by atoms with E-state index in [1.54, 1.807) is 26.1 Å². The van der Waals surface area contributed by atoms with Gasteiger partial charge in [0.25, 0.3) is 5.91 Å². The van der Waals surface area contributed by atoms with Crippen LogP contribution in [0, 0.1) is 13.8 Å². The summed E-state index contributed by atoms with van der Waals surface area (Å²) in [6.07, 6.45) is 1.69. The van der Waals surface area contributed by atoms with Crippen LogP contribution in [0.2, 0.25) is 0 Å². The van der Waals surface area contributed by atoms with Gasteiger partial charge in [0, 0.05) is 38.4 Å². The second-order valence-electron chi connectivity index (χ2n) is 5.61. The van der Waals surface area contributed by atoms with Crippen molar-refractivity contribution in [2.45, 2.75) is 20.8 Å². The Morgan fingerprint density at radius 2 is 2.04 bits per heavy atom. The maximum atomic E-state index is 12.6. The van der Waals surface area contributed by atoms with E-state index in [2.05, 4.69) is 20.0 Å². The quantitative estimate of drug-likeness (QED) is 0.838. The van der Waals surface area contributed by atoms with Gasteiger partial charge in [0.1, 0.15) is 11.3 Å². The molecule has 0 saturated carbocycles. The summed E-state index contributed by atoms with van der Waals surface area (Å²) in [7, 11) is 0. The lowest BCUT2D eigenvalue weighted by Gasteiger charge is -2.34. The van der Waals surface area contributed by atoms with Gasteiger partial charge in [-0.15, -0.1) is 0 Å². The first-order chi connectivity index (χ1) is 11.6. The first-order valence-corrected chi connectivity index (χ1v) is 8.03. The van der Waals surface area contributed by atoms with Crippen LogP contribution in [0.3, 0.4) is 0 Å². The normalized spacial score (nSPS) is 14.8. The van der Waals surface area contributed by atoms with E-state index in [0.717, 1.165) is 0 Å². The Labute approximate surface area is 140 Å². The molecule has 2 aromatic rings. The number of nitrogens with zero attached hydrogens (tertiary/aromatic N) is 5. The molecule has 128 valence electrons. The number of ether oxygens (including phenoxy) is 1. The molecule has 3 heterocycles. The van der Waals surface area contributed by atoms with Crippen molar-refractivity contribution in [2.75, 3.05) is 37.7 Å². The molecule has 8 heteroatoms. The van der Waals surface area contributed by atoms with Crippen molar-refractivity contribution in [2.24, 2.45) is 0 Å². The molecular formula is C16H21N5O3. The van der Waals surface area contributed by atoms with Crippen molar-refractivity contribution in [1.82, 2.24) is 20.0 Å². The van der Waals surface area contributed by atoms with Gasteiger partial charge in [-0.1, -0.05) is 5.16 Å². The van der Waals surface area contributed by atoms with Crippen molar-refractivity contribution in [1.29, 1.82) is 0 Å². The standard InChI is InChI=1S/C16H21N5O3/c1-4-23-13-5-6-17-16(18-13)21-9-7-20(8-10-21)15(22)14-11(2)19-24-12(14)3/h5-6H,4,7-10H2,1-3H3. The van der Waals surface area contributed by atoms with Gasteiger partial charge in [-0.25, -0.2) is 4.98 Å². The minimum Gasteiger partial charge on any atom is -0.478 e. The number of carbonyl (C=O) groups is 1. The Hall–Kier alpha value is -2.64. The second-order valence-corrected chi connectivity index (χ2v) is 5.61. The fraction of sp³-hybridized carbons (Fsp3) is 0.500. The van der Waals surface area contributed by atoms with Gasteiger partial charge in [0.05, 0.1) is 12.3 Å². The molecule has 0 bridgehead atoms. The van der Waals surface area contributed by atoms with Gasteiger partial charge in [0.15, 0.2) is 0 Å². The van der Waals surface area contributed by atoms with E-state index in [1.807, 2.05) is 11.8 Å². The summed E-state index contributed by atoms with van der Waals surface area (Å²) in [5, 5.41) is 3.85. The van der Waals surface area contributed by atoms with Crippen LogP contribution in [0.25, 0.3) is 0 Å². The molecule has 1 aliphatic heterocycles. The number of aryl methyl sites for hydroxylation is 2. The predicted molar refractivity (Wildman–Crippen MR) is 87.3 cm³/mol. The van der Waals surface area contributed by atoms with Gasteiger partial charge in [-0.05, 0) is 20.8 Å². The van der Waals surface area contributed by atoms with Gasteiger partial charge in [-0.3, -0.25) is 4.79 Å². The molecule has 1 aliphatic rings. The molecule has 0 radical (unpaired) electrons. The molecule has 0 atom stereocenters. The summed E-state index contributed by atoms with van der Waals surface area (Å²) in [5.74, 6) is 1.73.